The molecule has 0 radical (unpaired) electrons. The molecular formula is C18H22N3O+. The van der Waals surface area contributed by atoms with Gasteiger partial charge in [-0.05, 0) is 37.6 Å². The third kappa shape index (κ3) is 2.52. The molecule has 0 bridgehead atoms. The van der Waals surface area contributed by atoms with Crippen molar-refractivity contribution in [1.29, 1.82) is 0 Å². The van der Waals surface area contributed by atoms with Crippen molar-refractivity contribution in [2.75, 3.05) is 12.3 Å². The van der Waals surface area contributed by atoms with Gasteiger partial charge >= 0.3 is 5.95 Å². The molecule has 0 atom stereocenters. The molecule has 0 fully saturated rings. The zero-order valence-corrected chi connectivity index (χ0v) is 13.1. The Hall–Kier alpha value is -2.49. The van der Waals surface area contributed by atoms with E-state index in [0.29, 0.717) is 6.61 Å². The number of nitrogens with zero attached hydrogens (tertiary/aromatic N) is 2. The molecule has 0 spiro atoms. The molecule has 3 rings (SSSR count). The molecule has 2 aromatic carbocycles. The van der Waals surface area contributed by atoms with Gasteiger partial charge in [-0.25, -0.2) is 9.13 Å². The normalized spacial score (nSPS) is 11.0. The van der Waals surface area contributed by atoms with E-state index in [1.54, 1.807) is 0 Å². The molecule has 0 saturated heterocycles. The van der Waals surface area contributed by atoms with Gasteiger partial charge in [-0.15, -0.1) is 0 Å². The zero-order chi connectivity index (χ0) is 15.5. The number of hydrogen-bond acceptors (Lipinski definition) is 2. The molecule has 0 unspecified atom stereocenters. The fraction of sp³-hybridized carbons (Fsp3) is 0.278. The Morgan fingerprint density at radius 1 is 1.09 bits per heavy atom. The maximum Gasteiger partial charge on any atom is 0.356 e. The summed E-state index contributed by atoms with van der Waals surface area (Å²) in [5, 5.41) is 0. The van der Waals surface area contributed by atoms with Crippen LogP contribution < -0.4 is 15.0 Å². The van der Waals surface area contributed by atoms with Crippen molar-refractivity contribution in [3.05, 3.63) is 54.1 Å². The summed E-state index contributed by atoms with van der Waals surface area (Å²) in [4.78, 5) is 0. The van der Waals surface area contributed by atoms with Gasteiger partial charge in [0.05, 0.1) is 6.54 Å². The number of imidazole rings is 1. The topological polar surface area (TPSA) is 44.1 Å². The Morgan fingerprint density at radius 3 is 2.59 bits per heavy atom. The second-order valence-corrected chi connectivity index (χ2v) is 5.36. The monoisotopic (exact) mass is 296 g/mol. The molecule has 0 amide bonds. The van der Waals surface area contributed by atoms with Crippen LogP contribution in [0.1, 0.15) is 12.5 Å². The summed E-state index contributed by atoms with van der Waals surface area (Å²) < 4.78 is 10.2. The lowest BCUT2D eigenvalue weighted by atomic mass is 10.2. The quantitative estimate of drug-likeness (QED) is 0.736. The number of fused-ring (bicyclic) bond motifs is 1. The van der Waals surface area contributed by atoms with E-state index in [4.69, 9.17) is 10.5 Å². The zero-order valence-electron chi connectivity index (χ0n) is 13.1. The Morgan fingerprint density at radius 2 is 1.82 bits per heavy atom. The lowest BCUT2D eigenvalue weighted by Gasteiger charge is -2.08. The third-order valence-corrected chi connectivity index (χ3v) is 4.00. The van der Waals surface area contributed by atoms with Gasteiger partial charge in [0.15, 0.2) is 0 Å². The SMILES string of the molecule is CCn1c(N)[n+](CCOc2ccccc2C)c2ccccc21. The number of aromatic nitrogens is 2. The van der Waals surface area contributed by atoms with Crippen molar-refractivity contribution < 1.29 is 9.30 Å². The summed E-state index contributed by atoms with van der Waals surface area (Å²) >= 11 is 0. The summed E-state index contributed by atoms with van der Waals surface area (Å²) in [5.74, 6) is 1.71. The number of aryl methyl sites for hydroxylation is 2. The maximum absolute atomic E-state index is 6.31. The van der Waals surface area contributed by atoms with Crippen LogP contribution in [-0.2, 0) is 13.1 Å². The number of rotatable bonds is 5. The van der Waals surface area contributed by atoms with Gasteiger partial charge in [0.25, 0.3) is 0 Å². The highest BCUT2D eigenvalue weighted by atomic mass is 16.5. The second-order valence-electron chi connectivity index (χ2n) is 5.36. The molecule has 0 aliphatic heterocycles. The van der Waals surface area contributed by atoms with E-state index in [0.717, 1.165) is 35.9 Å². The van der Waals surface area contributed by atoms with E-state index in [9.17, 15) is 0 Å². The molecule has 0 aliphatic carbocycles. The van der Waals surface area contributed by atoms with Gasteiger partial charge in [-0.2, -0.15) is 0 Å². The summed E-state index contributed by atoms with van der Waals surface area (Å²) in [7, 11) is 0. The Labute approximate surface area is 130 Å². The predicted octanol–water partition coefficient (Wildman–Crippen LogP) is 2.92. The Bertz CT molecular complexity index is 792. The van der Waals surface area contributed by atoms with Crippen LogP contribution in [0.15, 0.2) is 48.5 Å². The predicted molar refractivity (Wildman–Crippen MR) is 88.9 cm³/mol. The van der Waals surface area contributed by atoms with E-state index >= 15 is 0 Å². The standard InChI is InChI=1S/C18H21N3O/c1-3-20-15-9-5-6-10-16(15)21(18(20)19)12-13-22-17-11-7-4-8-14(17)2/h4-11,19H,3,12-13H2,1-2H3/p+1. The summed E-state index contributed by atoms with van der Waals surface area (Å²) in [5.41, 5.74) is 9.77. The van der Waals surface area contributed by atoms with Crippen LogP contribution in [-0.4, -0.2) is 11.2 Å². The Kier molecular flexibility index (Phi) is 4.00. The fourth-order valence-corrected chi connectivity index (χ4v) is 2.85. The van der Waals surface area contributed by atoms with Gasteiger partial charge in [0.1, 0.15) is 29.9 Å². The van der Waals surface area contributed by atoms with Crippen molar-refractivity contribution >= 4 is 17.0 Å². The maximum atomic E-state index is 6.31. The van der Waals surface area contributed by atoms with Crippen molar-refractivity contribution in [1.82, 2.24) is 4.57 Å². The summed E-state index contributed by atoms with van der Waals surface area (Å²) in [6.07, 6.45) is 0. The number of hydrogen-bond donors (Lipinski definition) is 1. The number of anilines is 1. The molecule has 3 aromatic rings. The molecule has 4 nitrogen and oxygen atoms in total. The van der Waals surface area contributed by atoms with Crippen LogP contribution in [0.3, 0.4) is 0 Å². The van der Waals surface area contributed by atoms with Crippen LogP contribution in [0.5, 0.6) is 5.75 Å². The van der Waals surface area contributed by atoms with Crippen LogP contribution in [0.4, 0.5) is 5.95 Å². The number of ether oxygens (including phenoxy) is 1. The van der Waals surface area contributed by atoms with Gasteiger partial charge in [0, 0.05) is 0 Å². The first-order valence-corrected chi connectivity index (χ1v) is 7.67. The molecule has 1 heterocycles. The number of para-hydroxylation sites is 3. The number of nitrogen functional groups attached to an aromatic ring is 1. The summed E-state index contributed by atoms with van der Waals surface area (Å²) in [6, 6.07) is 16.4. The minimum Gasteiger partial charge on any atom is -0.490 e. The summed E-state index contributed by atoms with van der Waals surface area (Å²) in [6.45, 7) is 6.35. The lowest BCUT2D eigenvalue weighted by Crippen LogP contribution is -2.39. The van der Waals surface area contributed by atoms with Gasteiger partial charge in [0.2, 0.25) is 0 Å². The largest absolute Gasteiger partial charge is 0.490 e. The molecule has 22 heavy (non-hydrogen) atoms. The van der Waals surface area contributed by atoms with Gasteiger partial charge in [-0.1, -0.05) is 30.3 Å². The number of benzene rings is 2. The van der Waals surface area contributed by atoms with Crippen LogP contribution in [0, 0.1) is 6.92 Å². The molecule has 0 aliphatic rings. The molecular weight excluding hydrogens is 274 g/mol. The van der Waals surface area contributed by atoms with E-state index in [1.807, 2.05) is 30.3 Å². The fourth-order valence-electron chi connectivity index (χ4n) is 2.85. The molecule has 4 heteroatoms. The van der Waals surface area contributed by atoms with Crippen LogP contribution >= 0.6 is 0 Å². The van der Waals surface area contributed by atoms with Crippen molar-refractivity contribution in [3.63, 3.8) is 0 Å². The smallest absolute Gasteiger partial charge is 0.356 e. The highest BCUT2D eigenvalue weighted by Crippen LogP contribution is 2.17. The Balaban J connectivity index is 1.82. The first-order chi connectivity index (χ1) is 10.7. The number of nitrogens with two attached hydrogens (primary N) is 1. The van der Waals surface area contributed by atoms with E-state index in [-0.39, 0.29) is 0 Å². The van der Waals surface area contributed by atoms with Crippen LogP contribution in [0.25, 0.3) is 11.0 Å². The third-order valence-electron chi connectivity index (χ3n) is 4.00. The molecule has 2 N–H and O–H groups in total. The molecule has 1 aromatic heterocycles. The highest BCUT2D eigenvalue weighted by molar-refractivity contribution is 5.73. The average molecular weight is 296 g/mol. The van der Waals surface area contributed by atoms with E-state index < -0.39 is 0 Å². The van der Waals surface area contributed by atoms with Crippen molar-refractivity contribution in [2.45, 2.75) is 26.9 Å². The minimum absolute atomic E-state index is 0.595. The van der Waals surface area contributed by atoms with Crippen LogP contribution in [0.2, 0.25) is 0 Å². The first-order valence-electron chi connectivity index (χ1n) is 7.67. The second kappa shape index (κ2) is 6.10. The van der Waals surface area contributed by atoms with Crippen molar-refractivity contribution in [2.24, 2.45) is 0 Å². The van der Waals surface area contributed by atoms with E-state index in [2.05, 4.69) is 41.2 Å². The highest BCUT2D eigenvalue weighted by Gasteiger charge is 2.19. The van der Waals surface area contributed by atoms with Gasteiger partial charge < -0.3 is 4.74 Å². The van der Waals surface area contributed by atoms with E-state index in [1.165, 1.54) is 5.52 Å². The molecule has 114 valence electrons. The average Bonchev–Trinajstić information content (AvgIpc) is 2.81. The first kappa shape index (κ1) is 14.4. The molecule has 0 saturated carbocycles. The lowest BCUT2D eigenvalue weighted by molar-refractivity contribution is -0.658. The van der Waals surface area contributed by atoms with Gasteiger partial charge in [-0.3, -0.25) is 5.73 Å². The minimum atomic E-state index is 0.595. The van der Waals surface area contributed by atoms with Crippen molar-refractivity contribution in [3.8, 4) is 5.75 Å².